The predicted molar refractivity (Wildman–Crippen MR) is 174 cm³/mol. The van der Waals surface area contributed by atoms with Gasteiger partial charge in [-0.1, -0.05) is 129 Å². The first-order valence-electron chi connectivity index (χ1n) is 14.9. The lowest BCUT2D eigenvalue weighted by atomic mass is 9.87. The van der Waals surface area contributed by atoms with E-state index >= 15 is 0 Å². The van der Waals surface area contributed by atoms with Gasteiger partial charge in [0.05, 0.1) is 13.2 Å². The third kappa shape index (κ3) is 5.82. The molecule has 4 aromatic rings. The van der Waals surface area contributed by atoms with Crippen LogP contribution in [0.2, 0.25) is 5.04 Å². The van der Waals surface area contributed by atoms with Gasteiger partial charge >= 0.3 is 5.97 Å². The maximum Gasteiger partial charge on any atom is 0.332 e. The molecular weight excluding hydrogens is 550 g/mol. The molecule has 1 fully saturated rings. The second-order valence-electron chi connectivity index (χ2n) is 12.6. The molecule has 2 atom stereocenters. The molecule has 0 spiro atoms. The van der Waals surface area contributed by atoms with Crippen molar-refractivity contribution in [3.8, 4) is 0 Å². The Hall–Kier alpha value is -4.00. The summed E-state index contributed by atoms with van der Waals surface area (Å²) >= 11 is 0. The van der Waals surface area contributed by atoms with E-state index in [0.717, 1.165) is 21.5 Å². The van der Waals surface area contributed by atoms with Crippen LogP contribution in [0.3, 0.4) is 0 Å². The van der Waals surface area contributed by atoms with E-state index in [4.69, 9.17) is 9.16 Å². The van der Waals surface area contributed by atoms with E-state index in [1.165, 1.54) is 7.11 Å². The van der Waals surface area contributed by atoms with Crippen LogP contribution in [-0.2, 0) is 20.4 Å². The number of hydrogen-bond donors (Lipinski definition) is 0. The van der Waals surface area contributed by atoms with Gasteiger partial charge in [0, 0.05) is 24.9 Å². The minimum atomic E-state index is -2.96. The Balaban J connectivity index is 1.65. The van der Waals surface area contributed by atoms with Crippen LogP contribution < -0.4 is 10.4 Å². The number of esters is 1. The van der Waals surface area contributed by atoms with Gasteiger partial charge < -0.3 is 14.1 Å². The van der Waals surface area contributed by atoms with Gasteiger partial charge in [-0.15, -0.1) is 0 Å². The number of rotatable bonds is 8. The Morgan fingerprint density at radius 2 is 1.33 bits per heavy atom. The van der Waals surface area contributed by atoms with Crippen molar-refractivity contribution in [2.45, 2.75) is 57.2 Å². The molecule has 0 N–H and O–H groups in total. The Bertz CT molecular complexity index is 1500. The molecule has 43 heavy (non-hydrogen) atoms. The van der Waals surface area contributed by atoms with Gasteiger partial charge in [-0.2, -0.15) is 0 Å². The number of carbonyl (C=O) groups is 2. The van der Waals surface area contributed by atoms with E-state index < -0.39 is 25.9 Å². The van der Waals surface area contributed by atoms with E-state index in [-0.39, 0.29) is 17.5 Å². The van der Waals surface area contributed by atoms with Gasteiger partial charge in [-0.3, -0.25) is 4.79 Å². The highest BCUT2D eigenvalue weighted by Gasteiger charge is 2.58. The van der Waals surface area contributed by atoms with Crippen LogP contribution in [0.5, 0.6) is 0 Å². The lowest BCUT2D eigenvalue weighted by Gasteiger charge is -2.44. The number of methoxy groups -OCH3 is 1. The maximum atomic E-state index is 14.2. The number of benzene rings is 4. The van der Waals surface area contributed by atoms with E-state index in [1.807, 2.05) is 61.5 Å². The lowest BCUT2D eigenvalue weighted by Crippen LogP contribution is -2.67. The molecular formula is C37H41NO4Si. The second-order valence-corrected chi connectivity index (χ2v) is 16.8. The van der Waals surface area contributed by atoms with Gasteiger partial charge in [0.2, 0.25) is 0 Å². The zero-order chi connectivity index (χ0) is 30.7. The summed E-state index contributed by atoms with van der Waals surface area (Å²) < 4.78 is 13.0. The minimum absolute atomic E-state index is 0.202. The Labute approximate surface area is 256 Å². The zero-order valence-electron chi connectivity index (χ0n) is 25.7. The number of likely N-dealkylation sites (tertiary alicyclic amines) is 1. The zero-order valence-corrected chi connectivity index (χ0v) is 26.7. The van der Waals surface area contributed by atoms with Gasteiger partial charge in [0.15, 0.2) is 0 Å². The molecule has 0 unspecified atom stereocenters. The lowest BCUT2D eigenvalue weighted by molar-refractivity contribution is -0.152. The van der Waals surface area contributed by atoms with Crippen molar-refractivity contribution in [2.24, 2.45) is 0 Å². The number of aryl methyl sites for hydroxylation is 1. The van der Waals surface area contributed by atoms with Crippen molar-refractivity contribution < 1.29 is 18.8 Å². The van der Waals surface area contributed by atoms with Crippen molar-refractivity contribution in [3.05, 3.63) is 132 Å². The van der Waals surface area contributed by atoms with Crippen LogP contribution in [0, 0.1) is 6.92 Å². The summed E-state index contributed by atoms with van der Waals surface area (Å²) in [5.41, 5.74) is 1.40. The van der Waals surface area contributed by atoms with Crippen LogP contribution in [-0.4, -0.2) is 50.4 Å². The summed E-state index contributed by atoms with van der Waals surface area (Å²) in [7, 11) is -1.55. The molecule has 6 heteroatoms. The van der Waals surface area contributed by atoms with E-state index in [9.17, 15) is 9.59 Å². The molecule has 5 nitrogen and oxygen atoms in total. The molecule has 0 radical (unpaired) electrons. The first-order chi connectivity index (χ1) is 20.6. The number of amides is 1. The molecule has 1 amide bonds. The number of nitrogens with zero attached hydrogens (tertiary/aromatic N) is 1. The Kier molecular flexibility index (Phi) is 8.72. The van der Waals surface area contributed by atoms with E-state index in [0.29, 0.717) is 18.4 Å². The standard InChI is InChI=1S/C37H41NO4Si/c1-28-21-23-29(24-22-28)25-37(35(40)41-5)26-31(27-38(37)34(39)30-15-9-6-10-16-30)42-43(36(2,3)4,32-17-11-7-12-18-32)33-19-13-8-14-20-33/h6-24,31H,25-27H2,1-5H3/t31-,37-/m1/s1. The van der Waals surface area contributed by atoms with Crippen LogP contribution in [0.1, 0.15) is 48.7 Å². The van der Waals surface area contributed by atoms with Crippen molar-refractivity contribution in [1.29, 1.82) is 0 Å². The molecule has 4 aromatic carbocycles. The summed E-state index contributed by atoms with van der Waals surface area (Å²) in [5.74, 6) is -0.627. The molecule has 0 aliphatic carbocycles. The fraction of sp³-hybridized carbons (Fsp3) is 0.297. The van der Waals surface area contributed by atoms with Crippen LogP contribution in [0.15, 0.2) is 115 Å². The third-order valence-electron chi connectivity index (χ3n) is 8.68. The second kappa shape index (κ2) is 12.3. The third-order valence-corrected chi connectivity index (χ3v) is 13.8. The normalized spacial score (nSPS) is 18.8. The Morgan fingerprint density at radius 3 is 1.81 bits per heavy atom. The van der Waals surface area contributed by atoms with Gasteiger partial charge in [0.25, 0.3) is 14.2 Å². The van der Waals surface area contributed by atoms with Crippen LogP contribution in [0.25, 0.3) is 0 Å². The molecule has 1 aliphatic heterocycles. The monoisotopic (exact) mass is 591 g/mol. The summed E-state index contributed by atoms with van der Waals surface area (Å²) in [6.45, 7) is 9.02. The molecule has 222 valence electrons. The molecule has 0 bridgehead atoms. The number of hydrogen-bond acceptors (Lipinski definition) is 4. The quantitative estimate of drug-likeness (QED) is 0.188. The number of carbonyl (C=O) groups excluding carboxylic acids is 2. The first kappa shape index (κ1) is 30.5. The van der Waals surface area contributed by atoms with Crippen molar-refractivity contribution in [3.63, 3.8) is 0 Å². The van der Waals surface area contributed by atoms with E-state index in [1.54, 1.807) is 17.0 Å². The average Bonchev–Trinajstić information content (AvgIpc) is 3.39. The highest BCUT2D eigenvalue weighted by Crippen LogP contribution is 2.42. The molecule has 1 saturated heterocycles. The maximum absolute atomic E-state index is 14.2. The van der Waals surface area contributed by atoms with Crippen LogP contribution in [0.4, 0.5) is 0 Å². The number of ether oxygens (including phenoxy) is 1. The smallest absolute Gasteiger partial charge is 0.332 e. The fourth-order valence-corrected chi connectivity index (χ4v) is 11.3. The summed E-state index contributed by atoms with van der Waals surface area (Å²) in [6, 6.07) is 38.2. The fourth-order valence-electron chi connectivity index (χ4n) is 6.63. The van der Waals surface area contributed by atoms with Gasteiger partial charge in [-0.25, -0.2) is 4.79 Å². The average molecular weight is 592 g/mol. The van der Waals surface area contributed by atoms with Crippen molar-refractivity contribution in [1.82, 2.24) is 4.90 Å². The molecule has 1 heterocycles. The highest BCUT2D eigenvalue weighted by atomic mass is 28.4. The molecule has 1 aliphatic rings. The summed E-state index contributed by atoms with van der Waals surface area (Å²) in [4.78, 5) is 29.9. The predicted octanol–water partition coefficient (Wildman–Crippen LogP) is 5.94. The SMILES string of the molecule is COC(=O)[C@@]1(Cc2ccc(C)cc2)C[C@@H](O[Si](c2ccccc2)(c2ccccc2)C(C)(C)C)CN1C(=O)c1ccccc1. The van der Waals surface area contributed by atoms with Crippen LogP contribution >= 0.6 is 0 Å². The summed E-state index contributed by atoms with van der Waals surface area (Å²) in [5, 5.41) is 2.06. The van der Waals surface area contributed by atoms with Crippen molar-refractivity contribution in [2.75, 3.05) is 13.7 Å². The topological polar surface area (TPSA) is 55.8 Å². The van der Waals surface area contributed by atoms with Gasteiger partial charge in [0.1, 0.15) is 5.54 Å². The molecule has 0 aromatic heterocycles. The Morgan fingerprint density at radius 1 is 0.814 bits per heavy atom. The first-order valence-corrected chi connectivity index (χ1v) is 16.8. The molecule has 0 saturated carbocycles. The summed E-state index contributed by atoms with van der Waals surface area (Å²) in [6.07, 6.45) is 0.263. The van der Waals surface area contributed by atoms with E-state index in [2.05, 4.69) is 69.3 Å². The van der Waals surface area contributed by atoms with Crippen molar-refractivity contribution >= 4 is 30.6 Å². The van der Waals surface area contributed by atoms with Gasteiger partial charge in [-0.05, 0) is 40.0 Å². The minimum Gasteiger partial charge on any atom is -0.467 e. The largest absolute Gasteiger partial charge is 0.467 e. The highest BCUT2D eigenvalue weighted by molar-refractivity contribution is 6.99. The molecule has 5 rings (SSSR count).